The normalized spacial score (nSPS) is 11.7. The van der Waals surface area contributed by atoms with Gasteiger partial charge in [0.25, 0.3) is 0 Å². The third-order valence-electron chi connectivity index (χ3n) is 9.66. The second kappa shape index (κ2) is 11.2. The third kappa shape index (κ3) is 4.62. The van der Waals surface area contributed by atoms with Crippen LogP contribution in [-0.4, -0.2) is 0 Å². The van der Waals surface area contributed by atoms with Gasteiger partial charge in [0.2, 0.25) is 0 Å². The molecule has 49 heavy (non-hydrogen) atoms. The molecule has 0 spiro atoms. The molecule has 8 aromatic carbocycles. The lowest BCUT2D eigenvalue weighted by Crippen LogP contribution is -2.10. The molecule has 3 heteroatoms. The zero-order valence-electron chi connectivity index (χ0n) is 26.5. The Bertz CT molecular complexity index is 2840. The van der Waals surface area contributed by atoms with Crippen molar-refractivity contribution >= 4 is 81.3 Å². The molecule has 0 fully saturated rings. The van der Waals surface area contributed by atoms with Gasteiger partial charge in [0, 0.05) is 42.3 Å². The summed E-state index contributed by atoms with van der Waals surface area (Å²) in [5.74, 6) is 0. The van der Waals surface area contributed by atoms with Crippen molar-refractivity contribution in [3.8, 4) is 22.3 Å². The average Bonchev–Trinajstić information content (AvgIpc) is 3.74. The maximum atomic E-state index is 6.60. The molecule has 0 atom stereocenters. The zero-order chi connectivity index (χ0) is 32.3. The van der Waals surface area contributed by atoms with Crippen LogP contribution < -0.4 is 4.90 Å². The lowest BCUT2D eigenvalue weighted by atomic mass is 9.97. The van der Waals surface area contributed by atoms with Crippen LogP contribution in [0.1, 0.15) is 0 Å². The van der Waals surface area contributed by atoms with E-state index in [1.807, 2.05) is 23.5 Å². The summed E-state index contributed by atoms with van der Waals surface area (Å²) in [6.07, 6.45) is 0. The summed E-state index contributed by atoms with van der Waals surface area (Å²) < 4.78 is 9.24. The van der Waals surface area contributed by atoms with Crippen molar-refractivity contribution < 1.29 is 4.42 Å². The number of hydrogen-bond acceptors (Lipinski definition) is 3. The van der Waals surface area contributed by atoms with E-state index in [9.17, 15) is 0 Å². The van der Waals surface area contributed by atoms with Gasteiger partial charge >= 0.3 is 0 Å². The Kier molecular flexibility index (Phi) is 6.39. The second-order valence-electron chi connectivity index (χ2n) is 12.5. The molecule has 10 rings (SSSR count). The summed E-state index contributed by atoms with van der Waals surface area (Å²) in [4.78, 5) is 2.33. The molecule has 0 unspecified atom stereocenters. The van der Waals surface area contributed by atoms with Crippen molar-refractivity contribution in [2.45, 2.75) is 0 Å². The van der Waals surface area contributed by atoms with Gasteiger partial charge < -0.3 is 9.32 Å². The molecule has 0 saturated heterocycles. The number of nitrogens with zero attached hydrogens (tertiary/aromatic N) is 1. The van der Waals surface area contributed by atoms with Crippen molar-refractivity contribution in [3.05, 3.63) is 176 Å². The highest BCUT2D eigenvalue weighted by molar-refractivity contribution is 7.25. The molecule has 2 aromatic heterocycles. The number of thiophene rings is 1. The molecule has 2 heterocycles. The van der Waals surface area contributed by atoms with Gasteiger partial charge in [-0.15, -0.1) is 11.3 Å². The van der Waals surface area contributed by atoms with Gasteiger partial charge in [-0.1, -0.05) is 121 Å². The highest BCUT2D eigenvalue weighted by Crippen LogP contribution is 2.44. The molecule has 10 aromatic rings. The van der Waals surface area contributed by atoms with E-state index in [2.05, 4.69) is 169 Å². The Labute approximate surface area is 287 Å². The van der Waals surface area contributed by atoms with Crippen molar-refractivity contribution in [1.82, 2.24) is 0 Å². The van der Waals surface area contributed by atoms with Gasteiger partial charge in [-0.25, -0.2) is 0 Å². The molecular weight excluding hydrogens is 615 g/mol. The standard InChI is InChI=1S/C46H29NOS/c1-2-14-36-31(10-1)11-8-17-37(36)33-12-7-13-35(28-33)47(42-19-9-18-40-38-15-3-5-20-43(38)48-46(40)42)34-25-22-30(23-26-34)32-24-27-45-41(29-32)39-16-4-6-21-44(39)49-45/h1-29H. The third-order valence-corrected chi connectivity index (χ3v) is 10.8. The van der Waals surface area contributed by atoms with Crippen LogP contribution in [0.3, 0.4) is 0 Å². The Hall–Kier alpha value is -6.16. The smallest absolute Gasteiger partial charge is 0.159 e. The molecule has 0 saturated carbocycles. The Morgan fingerprint density at radius 1 is 0.408 bits per heavy atom. The minimum atomic E-state index is 0.873. The number of benzene rings is 8. The monoisotopic (exact) mass is 643 g/mol. The van der Waals surface area contributed by atoms with Crippen LogP contribution in [0.4, 0.5) is 17.1 Å². The minimum absolute atomic E-state index is 0.873. The van der Waals surface area contributed by atoms with Crippen LogP contribution >= 0.6 is 11.3 Å². The second-order valence-corrected chi connectivity index (χ2v) is 13.6. The van der Waals surface area contributed by atoms with E-state index >= 15 is 0 Å². The van der Waals surface area contributed by atoms with Crippen LogP contribution in [0.2, 0.25) is 0 Å². The van der Waals surface area contributed by atoms with Crippen molar-refractivity contribution in [3.63, 3.8) is 0 Å². The van der Waals surface area contributed by atoms with Gasteiger partial charge in [-0.2, -0.15) is 0 Å². The first kappa shape index (κ1) is 27.9. The number of hydrogen-bond donors (Lipinski definition) is 0. The van der Waals surface area contributed by atoms with Crippen LogP contribution in [0, 0.1) is 0 Å². The van der Waals surface area contributed by atoms with Gasteiger partial charge in [-0.3, -0.25) is 0 Å². The fourth-order valence-electron chi connectivity index (χ4n) is 7.33. The van der Waals surface area contributed by atoms with Gasteiger partial charge in [0.15, 0.2) is 5.58 Å². The number of anilines is 3. The van der Waals surface area contributed by atoms with Gasteiger partial charge in [0.1, 0.15) is 5.58 Å². The molecule has 230 valence electrons. The first-order chi connectivity index (χ1) is 24.3. The Morgan fingerprint density at radius 3 is 2.02 bits per heavy atom. The topological polar surface area (TPSA) is 16.4 Å². The summed E-state index contributed by atoms with van der Waals surface area (Å²) in [6, 6.07) is 63.2. The fourth-order valence-corrected chi connectivity index (χ4v) is 8.42. The first-order valence-corrected chi connectivity index (χ1v) is 17.4. The molecule has 0 radical (unpaired) electrons. The maximum Gasteiger partial charge on any atom is 0.159 e. The van der Waals surface area contributed by atoms with E-state index < -0.39 is 0 Å². The van der Waals surface area contributed by atoms with Gasteiger partial charge in [0.05, 0.1) is 5.69 Å². The Morgan fingerprint density at radius 2 is 1.10 bits per heavy atom. The van der Waals surface area contributed by atoms with Crippen molar-refractivity contribution in [2.75, 3.05) is 4.90 Å². The predicted octanol–water partition coefficient (Wildman–Crippen LogP) is 13.9. The number of rotatable bonds is 5. The van der Waals surface area contributed by atoms with E-state index in [1.165, 1.54) is 53.2 Å². The lowest BCUT2D eigenvalue weighted by Gasteiger charge is -2.26. The highest BCUT2D eigenvalue weighted by atomic mass is 32.1. The van der Waals surface area contributed by atoms with Crippen molar-refractivity contribution in [1.29, 1.82) is 0 Å². The summed E-state index contributed by atoms with van der Waals surface area (Å²) >= 11 is 1.85. The van der Waals surface area contributed by atoms with Crippen molar-refractivity contribution in [2.24, 2.45) is 0 Å². The van der Waals surface area contributed by atoms with E-state index in [1.54, 1.807) is 0 Å². The largest absolute Gasteiger partial charge is 0.454 e. The van der Waals surface area contributed by atoms with E-state index in [4.69, 9.17) is 4.42 Å². The van der Waals surface area contributed by atoms with E-state index in [0.29, 0.717) is 0 Å². The van der Waals surface area contributed by atoms with Gasteiger partial charge in [-0.05, 0) is 87.6 Å². The minimum Gasteiger partial charge on any atom is -0.454 e. The number of furan rings is 1. The number of para-hydroxylation sites is 2. The van der Waals surface area contributed by atoms with Crippen LogP contribution in [0.5, 0.6) is 0 Å². The maximum absolute atomic E-state index is 6.60. The summed E-state index contributed by atoms with van der Waals surface area (Å²) in [6.45, 7) is 0. The lowest BCUT2D eigenvalue weighted by molar-refractivity contribution is 0.669. The molecule has 0 amide bonds. The zero-order valence-corrected chi connectivity index (χ0v) is 27.3. The molecule has 0 aliphatic carbocycles. The SMILES string of the molecule is c1cc(-c2cccc3ccccc23)cc(N(c2ccc(-c3ccc4sc5ccccc5c4c3)cc2)c2cccc3c2oc2ccccc23)c1. The molecule has 0 N–H and O–H groups in total. The molecule has 0 aliphatic rings. The Balaban J connectivity index is 1.14. The van der Waals surface area contributed by atoms with E-state index in [-0.39, 0.29) is 0 Å². The fraction of sp³-hybridized carbons (Fsp3) is 0. The quantitative estimate of drug-likeness (QED) is 0.186. The predicted molar refractivity (Wildman–Crippen MR) is 210 cm³/mol. The summed E-state index contributed by atoms with van der Waals surface area (Å²) in [7, 11) is 0. The number of fused-ring (bicyclic) bond motifs is 7. The summed E-state index contributed by atoms with van der Waals surface area (Å²) in [5, 5.41) is 7.33. The van der Waals surface area contributed by atoms with Crippen LogP contribution in [-0.2, 0) is 0 Å². The highest BCUT2D eigenvalue weighted by Gasteiger charge is 2.20. The van der Waals surface area contributed by atoms with Crippen LogP contribution in [0.25, 0.3) is 75.1 Å². The average molecular weight is 644 g/mol. The molecule has 0 aliphatic heterocycles. The van der Waals surface area contributed by atoms with E-state index in [0.717, 1.165) is 39.0 Å². The van der Waals surface area contributed by atoms with Crippen LogP contribution in [0.15, 0.2) is 180 Å². The first-order valence-electron chi connectivity index (χ1n) is 16.6. The molecule has 0 bridgehead atoms. The molecular formula is C46H29NOS. The summed E-state index contributed by atoms with van der Waals surface area (Å²) in [5.41, 5.74) is 9.68. The molecule has 2 nitrogen and oxygen atoms in total.